The number of hydrogen-bond donors (Lipinski definition) is 0. The number of nitrogens with zero attached hydrogens (tertiary/aromatic N) is 2. The van der Waals surface area contributed by atoms with Crippen LogP contribution in [0.25, 0.3) is 10.1 Å². The van der Waals surface area contributed by atoms with Crippen molar-refractivity contribution in [3.63, 3.8) is 0 Å². The van der Waals surface area contributed by atoms with Gasteiger partial charge in [-0.05, 0) is 121 Å². The van der Waals surface area contributed by atoms with Gasteiger partial charge in [0.15, 0.2) is 0 Å². The molecular weight excluding hydrogens is 744 g/mol. The smallest absolute Gasteiger partial charge is 0.264 e. The molecule has 0 radical (unpaired) electrons. The van der Waals surface area contributed by atoms with Gasteiger partial charge in [0.1, 0.15) is 0 Å². The standard InChI is InChI=1S/C56H59BN2S/c1-52(2,3)34-21-26-37(27-22-34)58-45-30-25-36(54(7,8)9)31-44(45)57-49-46(58)19-16-20-47(49)59(38-28-23-35(24-29-38)53(4,5)6)50-39-32-42-43(33-48(39)60-51(50)57)56(12,13)41-18-15-14-17-40(41)55(42,10)11/h14-33H,1-13H3. The molecule has 6 aromatic carbocycles. The van der Waals surface area contributed by atoms with E-state index in [-0.39, 0.29) is 33.8 Å². The molecule has 10 rings (SSSR count). The van der Waals surface area contributed by atoms with Gasteiger partial charge in [-0.15, -0.1) is 11.3 Å². The lowest BCUT2D eigenvalue weighted by atomic mass is 9.36. The molecule has 60 heavy (non-hydrogen) atoms. The summed E-state index contributed by atoms with van der Waals surface area (Å²) >= 11 is 2.02. The van der Waals surface area contributed by atoms with Crippen molar-refractivity contribution in [1.82, 2.24) is 0 Å². The Balaban J connectivity index is 1.30. The van der Waals surface area contributed by atoms with Crippen molar-refractivity contribution >= 4 is 78.0 Å². The highest BCUT2D eigenvalue weighted by Crippen LogP contribution is 2.54. The molecule has 0 N–H and O–H groups in total. The fourth-order valence-electron chi connectivity index (χ4n) is 10.6. The lowest BCUT2D eigenvalue weighted by Gasteiger charge is -2.44. The lowest BCUT2D eigenvalue weighted by molar-refractivity contribution is 0.522. The first-order valence-electron chi connectivity index (χ1n) is 22.0. The summed E-state index contributed by atoms with van der Waals surface area (Å²) in [4.78, 5) is 5.17. The van der Waals surface area contributed by atoms with Crippen molar-refractivity contribution in [2.75, 3.05) is 9.80 Å². The van der Waals surface area contributed by atoms with Crippen molar-refractivity contribution < 1.29 is 0 Å². The van der Waals surface area contributed by atoms with Gasteiger partial charge in [-0.2, -0.15) is 0 Å². The van der Waals surface area contributed by atoms with Crippen molar-refractivity contribution in [1.29, 1.82) is 0 Å². The van der Waals surface area contributed by atoms with Crippen molar-refractivity contribution in [2.24, 2.45) is 0 Å². The molecule has 0 atom stereocenters. The maximum Gasteiger partial charge on any atom is 0.264 e. The lowest BCUT2D eigenvalue weighted by Crippen LogP contribution is -2.60. The molecule has 0 amide bonds. The van der Waals surface area contributed by atoms with E-state index in [1.165, 1.54) is 98.9 Å². The zero-order valence-corrected chi connectivity index (χ0v) is 38.7. The summed E-state index contributed by atoms with van der Waals surface area (Å²) in [5.74, 6) is 0. The van der Waals surface area contributed by atoms with Crippen LogP contribution in [0, 0.1) is 0 Å². The highest BCUT2D eigenvalue weighted by Gasteiger charge is 2.47. The van der Waals surface area contributed by atoms with E-state index < -0.39 is 0 Å². The molecule has 0 saturated carbocycles. The van der Waals surface area contributed by atoms with E-state index in [1.807, 2.05) is 11.3 Å². The van der Waals surface area contributed by atoms with E-state index in [0.29, 0.717) is 0 Å². The Hall–Kier alpha value is -5.06. The third-order valence-corrected chi connectivity index (χ3v) is 15.4. The fourth-order valence-corrected chi connectivity index (χ4v) is 11.9. The molecule has 0 unspecified atom stereocenters. The molecule has 2 nitrogen and oxygen atoms in total. The van der Waals surface area contributed by atoms with Crippen LogP contribution in [-0.4, -0.2) is 6.71 Å². The quantitative estimate of drug-likeness (QED) is 0.161. The number of thiophene rings is 1. The summed E-state index contributed by atoms with van der Waals surface area (Å²) in [6, 6.07) is 47.5. The fraction of sp³-hybridized carbons (Fsp3) is 0.321. The molecule has 1 aromatic heterocycles. The molecule has 3 aliphatic rings. The van der Waals surface area contributed by atoms with Crippen LogP contribution in [0.5, 0.6) is 0 Å². The average Bonchev–Trinajstić information content (AvgIpc) is 3.57. The minimum absolute atomic E-state index is 0.00225. The SMILES string of the molecule is CC(C)(C)c1ccc(N2c3ccc(C(C)(C)C)cc3B3c4sc5cc6c(cc5c4N(c4ccc(C(C)(C)C)cc4)c4cccc2c43)C(C)(C)c2ccccc2C6(C)C)cc1. The number of hydrogen-bond acceptors (Lipinski definition) is 3. The Bertz CT molecular complexity index is 2870. The zero-order valence-electron chi connectivity index (χ0n) is 37.9. The maximum absolute atomic E-state index is 2.62. The van der Waals surface area contributed by atoms with Crippen molar-refractivity contribution in [3.8, 4) is 0 Å². The van der Waals surface area contributed by atoms with Gasteiger partial charge in [-0.3, -0.25) is 0 Å². The molecule has 7 aromatic rings. The summed E-state index contributed by atoms with van der Waals surface area (Å²) in [6.45, 7) is 30.7. The Kier molecular flexibility index (Phi) is 8.30. The predicted molar refractivity (Wildman–Crippen MR) is 263 cm³/mol. The molecule has 0 saturated heterocycles. The number of fused-ring (bicyclic) bond motifs is 8. The molecule has 1 aliphatic carbocycles. The van der Waals surface area contributed by atoms with Gasteiger partial charge < -0.3 is 9.80 Å². The average molecular weight is 803 g/mol. The summed E-state index contributed by atoms with van der Waals surface area (Å²) in [5, 5.41) is 1.35. The minimum atomic E-state index is -0.147. The molecule has 4 heteroatoms. The number of benzene rings is 6. The summed E-state index contributed by atoms with van der Waals surface area (Å²) in [6.07, 6.45) is 0. The number of anilines is 6. The molecule has 302 valence electrons. The first-order valence-corrected chi connectivity index (χ1v) is 22.8. The second-order valence-electron chi connectivity index (χ2n) is 21.9. The van der Waals surface area contributed by atoms with E-state index in [4.69, 9.17) is 0 Å². The third kappa shape index (κ3) is 5.65. The first-order chi connectivity index (χ1) is 28.2. The highest BCUT2D eigenvalue weighted by molar-refractivity contribution is 7.33. The van der Waals surface area contributed by atoms with Crippen LogP contribution < -0.4 is 25.5 Å². The molecule has 0 fully saturated rings. The highest BCUT2D eigenvalue weighted by atomic mass is 32.1. The van der Waals surface area contributed by atoms with Gasteiger partial charge in [-0.25, -0.2) is 0 Å². The molecule has 3 heterocycles. The molecule has 0 spiro atoms. The van der Waals surface area contributed by atoms with Crippen LogP contribution in [0.15, 0.2) is 121 Å². The van der Waals surface area contributed by atoms with E-state index >= 15 is 0 Å². The Morgan fingerprint density at radius 2 is 0.950 bits per heavy atom. The molecule has 0 bridgehead atoms. The topological polar surface area (TPSA) is 6.48 Å². The van der Waals surface area contributed by atoms with Gasteiger partial charge in [0.25, 0.3) is 6.71 Å². The van der Waals surface area contributed by atoms with E-state index in [1.54, 1.807) is 0 Å². The maximum atomic E-state index is 2.62. The third-order valence-electron chi connectivity index (χ3n) is 14.2. The van der Waals surface area contributed by atoms with E-state index in [0.717, 1.165) is 0 Å². The van der Waals surface area contributed by atoms with Crippen LogP contribution in [0.3, 0.4) is 0 Å². The zero-order chi connectivity index (χ0) is 42.5. The number of rotatable bonds is 2. The molecule has 2 aliphatic heterocycles. The second kappa shape index (κ2) is 12.7. The van der Waals surface area contributed by atoms with Gasteiger partial charge in [0.2, 0.25) is 0 Å². The van der Waals surface area contributed by atoms with E-state index in [9.17, 15) is 0 Å². The van der Waals surface area contributed by atoms with Crippen LogP contribution in [-0.2, 0) is 27.1 Å². The van der Waals surface area contributed by atoms with Crippen molar-refractivity contribution in [3.05, 3.63) is 160 Å². The summed E-state index contributed by atoms with van der Waals surface area (Å²) in [5.41, 5.74) is 19.9. The van der Waals surface area contributed by atoms with Gasteiger partial charge >= 0.3 is 0 Å². The van der Waals surface area contributed by atoms with Gasteiger partial charge in [-0.1, -0.05) is 157 Å². The Labute approximate surface area is 363 Å². The minimum Gasteiger partial charge on any atom is -0.311 e. The second-order valence-corrected chi connectivity index (χ2v) is 23.0. The largest absolute Gasteiger partial charge is 0.311 e. The van der Waals surface area contributed by atoms with Crippen LogP contribution >= 0.6 is 11.3 Å². The monoisotopic (exact) mass is 802 g/mol. The van der Waals surface area contributed by atoms with Gasteiger partial charge in [0, 0.05) is 54.1 Å². The van der Waals surface area contributed by atoms with Crippen molar-refractivity contribution in [2.45, 2.75) is 117 Å². The van der Waals surface area contributed by atoms with Gasteiger partial charge in [0.05, 0.1) is 5.69 Å². The van der Waals surface area contributed by atoms with Crippen LogP contribution in [0.2, 0.25) is 0 Å². The summed E-state index contributed by atoms with van der Waals surface area (Å²) in [7, 11) is 0. The van der Waals surface area contributed by atoms with Crippen LogP contribution in [0.1, 0.15) is 129 Å². The first kappa shape index (κ1) is 39.1. The van der Waals surface area contributed by atoms with E-state index in [2.05, 4.69) is 221 Å². The van der Waals surface area contributed by atoms with Crippen LogP contribution in [0.4, 0.5) is 34.1 Å². The Morgan fingerprint density at radius 3 is 1.48 bits per heavy atom. The normalized spacial score (nSPS) is 16.2. The molecular formula is C56H59BN2S. The predicted octanol–water partition coefficient (Wildman–Crippen LogP) is 13.8. The Morgan fingerprint density at radius 1 is 0.467 bits per heavy atom. The summed E-state index contributed by atoms with van der Waals surface area (Å²) < 4.78 is 2.79.